The van der Waals surface area contributed by atoms with Crippen molar-refractivity contribution in [2.24, 2.45) is 29.1 Å². The topological polar surface area (TPSA) is 239 Å². The number of hydrogen-bond acceptors (Lipinski definition) is 11. The van der Waals surface area contributed by atoms with Gasteiger partial charge in [-0.1, -0.05) is 90.1 Å². The number of carboxylic acids is 1. The number of carbonyl (C=O) groups is 9. The van der Waals surface area contributed by atoms with E-state index in [1.54, 1.807) is 44.4 Å². The van der Waals surface area contributed by atoms with Gasteiger partial charge in [0.1, 0.15) is 17.5 Å². The Bertz CT molecular complexity index is 2040. The molecule has 2 saturated carbocycles. The maximum atomic E-state index is 14.1. The van der Waals surface area contributed by atoms with Gasteiger partial charge in [0.25, 0.3) is 5.91 Å². The minimum absolute atomic E-state index is 0.0686. The summed E-state index contributed by atoms with van der Waals surface area (Å²) in [7, 11) is 3.16. The van der Waals surface area contributed by atoms with E-state index < -0.39 is 76.8 Å². The second-order valence-electron chi connectivity index (χ2n) is 18.6. The number of halogens is 3. The van der Waals surface area contributed by atoms with Gasteiger partial charge in [-0.15, -0.1) is 0 Å². The number of alkyl halides is 3. The fourth-order valence-corrected chi connectivity index (χ4v) is 8.55. The molecule has 1 unspecified atom stereocenters. The van der Waals surface area contributed by atoms with Crippen LogP contribution in [0.25, 0.3) is 0 Å². The van der Waals surface area contributed by atoms with Gasteiger partial charge in [-0.05, 0) is 49.0 Å². The van der Waals surface area contributed by atoms with Crippen LogP contribution in [0, 0.1) is 29.1 Å². The summed E-state index contributed by atoms with van der Waals surface area (Å²) in [6, 6.07) is 6.49. The van der Waals surface area contributed by atoms with E-state index in [-0.39, 0.29) is 60.7 Å². The van der Waals surface area contributed by atoms with Crippen molar-refractivity contribution in [3.63, 3.8) is 0 Å². The summed E-state index contributed by atoms with van der Waals surface area (Å²) < 4.78 is 31.7. The van der Waals surface area contributed by atoms with Crippen molar-refractivity contribution in [3.8, 4) is 0 Å². The van der Waals surface area contributed by atoms with Crippen molar-refractivity contribution in [2.75, 3.05) is 14.1 Å². The number of carbonyl (C=O) groups excluding carboxylic acids is 8. The third kappa shape index (κ3) is 17.4. The van der Waals surface area contributed by atoms with Crippen LogP contribution in [0.15, 0.2) is 48.9 Å². The molecule has 0 bridgehead atoms. The molecule has 6 atom stereocenters. The Morgan fingerprint density at radius 3 is 2.03 bits per heavy atom. The van der Waals surface area contributed by atoms with Crippen molar-refractivity contribution in [1.29, 1.82) is 0 Å². The normalized spacial score (nSPS) is 18.1. The number of Topliss-reactive ketones (excluding diaryl/α,β-unsaturated/α-hetero) is 4. The van der Waals surface area contributed by atoms with Gasteiger partial charge >= 0.3 is 12.1 Å². The Kier molecular flexibility index (Phi) is 21.4. The van der Waals surface area contributed by atoms with E-state index in [4.69, 9.17) is 9.90 Å². The van der Waals surface area contributed by atoms with Crippen LogP contribution in [0.3, 0.4) is 0 Å². The van der Waals surface area contributed by atoms with Crippen LogP contribution in [0.2, 0.25) is 0 Å². The molecule has 2 aliphatic rings. The maximum absolute atomic E-state index is 14.1. The molecule has 16 nitrogen and oxygen atoms in total. The Labute approximate surface area is 389 Å². The standard InChI is InChI=1S/C46H64N6O8.C2HF3O2/c1-7-15-31(42(57)36(53)22-23-39(56)50-41(45(60)52(5)6)30-18-12-9-13-19-30)26-37(54)32-20-14-21-34(32)49-43(58)33(46(2,3)4)27-38(55)40(29-16-10-8-11-17-29)51-44(59)35-28-47-24-25-48-35;3-2(4,5)1(6)7/h9,12-13,18-19,24-25,28-29,31-34,40-41H,7-8,10-11,14-17,20-23,26-27H2,1-6H3,(H,49,58)(H,50,56)(H,51,59);(H,6,7)/t31-,32-,33?,34+,40+,41+;/m1./s1. The average Bonchev–Trinajstić information content (AvgIpc) is 3.75. The number of ketones is 4. The molecular weight excluding hydrogens is 878 g/mol. The molecule has 67 heavy (non-hydrogen) atoms. The highest BCUT2D eigenvalue weighted by atomic mass is 19.4. The zero-order valence-electron chi connectivity index (χ0n) is 39.2. The number of benzene rings is 1. The van der Waals surface area contributed by atoms with Gasteiger partial charge in [0, 0.05) is 76.0 Å². The first-order valence-corrected chi connectivity index (χ1v) is 22.8. The van der Waals surface area contributed by atoms with Gasteiger partial charge in [0.15, 0.2) is 11.6 Å². The molecule has 368 valence electrons. The zero-order valence-corrected chi connectivity index (χ0v) is 39.2. The van der Waals surface area contributed by atoms with E-state index in [0.29, 0.717) is 37.7 Å². The molecule has 0 aliphatic heterocycles. The quantitative estimate of drug-likeness (QED) is 0.107. The van der Waals surface area contributed by atoms with E-state index >= 15 is 0 Å². The van der Waals surface area contributed by atoms with Gasteiger partial charge < -0.3 is 26.0 Å². The number of nitrogens with zero attached hydrogens (tertiary/aromatic N) is 3. The highest BCUT2D eigenvalue weighted by molar-refractivity contribution is 6.38. The van der Waals surface area contributed by atoms with Crippen LogP contribution < -0.4 is 16.0 Å². The number of carboxylic acid groups (broad SMARTS) is 1. The molecule has 4 rings (SSSR count). The van der Waals surface area contributed by atoms with E-state index in [1.165, 1.54) is 23.5 Å². The number of likely N-dealkylation sites (N-methyl/N-ethyl adjacent to an activating group) is 1. The molecule has 4 N–H and O–H groups in total. The summed E-state index contributed by atoms with van der Waals surface area (Å²) in [4.78, 5) is 126. The van der Waals surface area contributed by atoms with Gasteiger partial charge in [-0.2, -0.15) is 13.2 Å². The lowest BCUT2D eigenvalue weighted by Crippen LogP contribution is -2.50. The van der Waals surface area contributed by atoms with Gasteiger partial charge in [0.2, 0.25) is 23.5 Å². The molecule has 1 aromatic carbocycles. The Morgan fingerprint density at radius 1 is 0.836 bits per heavy atom. The number of aliphatic carboxylic acids is 1. The fraction of sp³-hybridized carbons (Fsp3) is 0.604. The van der Waals surface area contributed by atoms with Gasteiger partial charge in [0.05, 0.1) is 12.2 Å². The summed E-state index contributed by atoms with van der Waals surface area (Å²) in [5.41, 5.74) is 0.0561. The predicted octanol–water partition coefficient (Wildman–Crippen LogP) is 5.93. The first-order valence-electron chi connectivity index (χ1n) is 22.8. The Balaban J connectivity index is 0.00000157. The summed E-state index contributed by atoms with van der Waals surface area (Å²) in [5, 5.41) is 15.8. The zero-order chi connectivity index (χ0) is 50.1. The van der Waals surface area contributed by atoms with Crippen molar-refractivity contribution < 1.29 is 61.4 Å². The second-order valence-corrected chi connectivity index (χ2v) is 18.6. The highest BCUT2D eigenvalue weighted by Gasteiger charge is 2.42. The fourth-order valence-electron chi connectivity index (χ4n) is 8.55. The Hall–Kier alpha value is -5.88. The van der Waals surface area contributed by atoms with Crippen LogP contribution in [0.1, 0.15) is 140 Å². The van der Waals surface area contributed by atoms with E-state index in [9.17, 15) is 51.5 Å². The van der Waals surface area contributed by atoms with Gasteiger partial charge in [-0.3, -0.25) is 43.3 Å². The van der Waals surface area contributed by atoms with E-state index in [0.717, 1.165) is 32.1 Å². The molecule has 19 heteroatoms. The van der Waals surface area contributed by atoms with Crippen molar-refractivity contribution in [2.45, 2.75) is 142 Å². The van der Waals surface area contributed by atoms with Crippen molar-refractivity contribution in [1.82, 2.24) is 30.8 Å². The van der Waals surface area contributed by atoms with E-state index in [2.05, 4.69) is 25.9 Å². The highest BCUT2D eigenvalue weighted by Crippen LogP contribution is 2.35. The Morgan fingerprint density at radius 2 is 1.48 bits per heavy atom. The van der Waals surface area contributed by atoms with E-state index in [1.807, 2.05) is 27.7 Å². The number of hydrogen-bond donors (Lipinski definition) is 4. The minimum atomic E-state index is -5.08. The van der Waals surface area contributed by atoms with Crippen LogP contribution in [-0.2, 0) is 38.4 Å². The smallest absolute Gasteiger partial charge is 0.475 e. The lowest BCUT2D eigenvalue weighted by molar-refractivity contribution is -0.192. The number of nitrogens with one attached hydrogen (secondary N) is 3. The lowest BCUT2D eigenvalue weighted by atomic mass is 9.74. The summed E-state index contributed by atoms with van der Waals surface area (Å²) in [6.45, 7) is 7.53. The molecule has 4 amide bonds. The minimum Gasteiger partial charge on any atom is -0.475 e. The first-order chi connectivity index (χ1) is 31.5. The SMILES string of the molecule is CCC[C@H](CC(=O)[C@@H]1CCC[C@@H]1NC(=O)C(CC(=O)[C@@H](NC(=O)c1cnccn1)C1CCCCC1)C(C)(C)C)C(=O)C(=O)CCC(=O)N[C@H](C(=O)N(C)C)c1ccccc1.O=C(O)C(F)(F)F. The van der Waals surface area contributed by atoms with Crippen LogP contribution in [-0.4, -0.2) is 105 Å². The second kappa shape index (κ2) is 25.9. The monoisotopic (exact) mass is 942 g/mol. The average molecular weight is 943 g/mol. The van der Waals surface area contributed by atoms with Crippen LogP contribution in [0.4, 0.5) is 13.2 Å². The molecule has 1 aromatic heterocycles. The van der Waals surface area contributed by atoms with Crippen molar-refractivity contribution >= 4 is 52.7 Å². The molecule has 2 fully saturated rings. The molecule has 2 aliphatic carbocycles. The molecule has 0 spiro atoms. The summed E-state index contributed by atoms with van der Waals surface area (Å²) in [5.74, 6) is -8.64. The molecular formula is C48H65F3N6O10. The molecule has 0 radical (unpaired) electrons. The first kappa shape index (κ1) is 55.4. The summed E-state index contributed by atoms with van der Waals surface area (Å²) >= 11 is 0. The third-order valence-corrected chi connectivity index (χ3v) is 12.3. The lowest BCUT2D eigenvalue weighted by Gasteiger charge is -2.34. The summed E-state index contributed by atoms with van der Waals surface area (Å²) in [6.07, 6.45) is 5.34. The number of aromatic nitrogens is 2. The molecule has 2 aromatic rings. The number of amides is 4. The largest absolute Gasteiger partial charge is 0.490 e. The number of rotatable bonds is 21. The third-order valence-electron chi connectivity index (χ3n) is 12.3. The predicted molar refractivity (Wildman–Crippen MR) is 239 cm³/mol. The molecule has 1 heterocycles. The van der Waals surface area contributed by atoms with Crippen molar-refractivity contribution in [3.05, 3.63) is 60.2 Å². The van der Waals surface area contributed by atoms with Crippen LogP contribution in [0.5, 0.6) is 0 Å². The maximum Gasteiger partial charge on any atom is 0.490 e. The van der Waals surface area contributed by atoms with Gasteiger partial charge in [-0.25, -0.2) is 9.78 Å². The molecule has 0 saturated heterocycles. The van der Waals surface area contributed by atoms with Crippen LogP contribution >= 0.6 is 0 Å².